The topological polar surface area (TPSA) is 24.9 Å². The van der Waals surface area contributed by atoms with Crippen LogP contribution in [0.25, 0.3) is 0 Å². The van der Waals surface area contributed by atoms with Gasteiger partial charge in [0.25, 0.3) is 0 Å². The van der Waals surface area contributed by atoms with Gasteiger partial charge in [-0.1, -0.05) is 0 Å². The van der Waals surface area contributed by atoms with Crippen LogP contribution in [0, 0.1) is 6.92 Å². The molecule has 1 aliphatic heterocycles. The highest BCUT2D eigenvalue weighted by Crippen LogP contribution is 2.21. The molecular formula is C10H14N2. The average molecular weight is 162 g/mol. The van der Waals surface area contributed by atoms with Crippen molar-refractivity contribution in [3.8, 4) is 0 Å². The standard InChI is InChI=1S/C10H14N2/c1-8-6-9(3-5-12-8)10-2-4-11-7-10/h3,5-6,10-11H,2,4,7H2,1H3. The molecule has 1 aromatic heterocycles. The molecule has 2 rings (SSSR count). The molecule has 1 aliphatic rings. The molecule has 2 heterocycles. The molecule has 1 fully saturated rings. The lowest BCUT2D eigenvalue weighted by Gasteiger charge is -2.08. The molecule has 1 aromatic rings. The lowest BCUT2D eigenvalue weighted by Crippen LogP contribution is -2.08. The fraction of sp³-hybridized carbons (Fsp3) is 0.500. The first-order chi connectivity index (χ1) is 5.86. The van der Waals surface area contributed by atoms with Gasteiger partial charge in [0.15, 0.2) is 0 Å². The molecule has 0 aliphatic carbocycles. The third kappa shape index (κ3) is 1.48. The number of nitrogens with one attached hydrogen (secondary N) is 1. The molecule has 12 heavy (non-hydrogen) atoms. The van der Waals surface area contributed by atoms with Crippen molar-refractivity contribution in [1.82, 2.24) is 10.3 Å². The van der Waals surface area contributed by atoms with E-state index in [-0.39, 0.29) is 0 Å². The molecule has 0 amide bonds. The van der Waals surface area contributed by atoms with Crippen LogP contribution in [0.3, 0.4) is 0 Å². The van der Waals surface area contributed by atoms with E-state index < -0.39 is 0 Å². The smallest absolute Gasteiger partial charge is 0.0375 e. The van der Waals surface area contributed by atoms with Crippen molar-refractivity contribution in [3.05, 3.63) is 29.6 Å². The molecule has 1 unspecified atom stereocenters. The summed E-state index contributed by atoms with van der Waals surface area (Å²) in [5.74, 6) is 0.715. The van der Waals surface area contributed by atoms with E-state index in [0.717, 1.165) is 18.8 Å². The lowest BCUT2D eigenvalue weighted by atomic mass is 9.99. The average Bonchev–Trinajstić information content (AvgIpc) is 2.56. The summed E-state index contributed by atoms with van der Waals surface area (Å²) in [6.07, 6.45) is 3.17. The fourth-order valence-electron chi connectivity index (χ4n) is 1.76. The monoisotopic (exact) mass is 162 g/mol. The van der Waals surface area contributed by atoms with Crippen LogP contribution in [0.4, 0.5) is 0 Å². The molecule has 1 atom stereocenters. The Morgan fingerprint density at radius 1 is 1.58 bits per heavy atom. The maximum Gasteiger partial charge on any atom is 0.0375 e. The van der Waals surface area contributed by atoms with Gasteiger partial charge in [-0.2, -0.15) is 0 Å². The summed E-state index contributed by atoms with van der Waals surface area (Å²) in [7, 11) is 0. The number of hydrogen-bond donors (Lipinski definition) is 1. The molecule has 0 saturated carbocycles. The first-order valence-electron chi connectivity index (χ1n) is 4.49. The quantitative estimate of drug-likeness (QED) is 0.676. The predicted molar refractivity (Wildman–Crippen MR) is 49.2 cm³/mol. The zero-order valence-electron chi connectivity index (χ0n) is 7.38. The molecule has 0 radical (unpaired) electrons. The highest BCUT2D eigenvalue weighted by atomic mass is 14.9. The van der Waals surface area contributed by atoms with Gasteiger partial charge in [-0.3, -0.25) is 4.98 Å². The van der Waals surface area contributed by atoms with Gasteiger partial charge in [-0.05, 0) is 43.5 Å². The van der Waals surface area contributed by atoms with E-state index in [1.54, 1.807) is 0 Å². The summed E-state index contributed by atoms with van der Waals surface area (Å²) in [4.78, 5) is 4.19. The van der Waals surface area contributed by atoms with Gasteiger partial charge in [0, 0.05) is 18.4 Å². The molecule has 1 N–H and O–H groups in total. The molecule has 0 aromatic carbocycles. The lowest BCUT2D eigenvalue weighted by molar-refractivity contribution is 0.760. The maximum absolute atomic E-state index is 4.19. The third-order valence-electron chi connectivity index (χ3n) is 2.45. The summed E-state index contributed by atoms with van der Waals surface area (Å²) in [5.41, 5.74) is 2.56. The predicted octanol–water partition coefficient (Wildman–Crippen LogP) is 1.47. The van der Waals surface area contributed by atoms with E-state index in [1.165, 1.54) is 12.0 Å². The Hall–Kier alpha value is -0.890. The Balaban J connectivity index is 2.21. The molecule has 0 bridgehead atoms. The molecule has 64 valence electrons. The highest BCUT2D eigenvalue weighted by Gasteiger charge is 2.15. The van der Waals surface area contributed by atoms with Crippen molar-refractivity contribution in [3.63, 3.8) is 0 Å². The zero-order chi connectivity index (χ0) is 8.39. The number of aromatic nitrogens is 1. The van der Waals surface area contributed by atoms with Crippen LogP contribution in [0.15, 0.2) is 18.3 Å². The molecule has 2 nitrogen and oxygen atoms in total. The Kier molecular flexibility index (Phi) is 2.09. The maximum atomic E-state index is 4.19. The summed E-state index contributed by atoms with van der Waals surface area (Å²) >= 11 is 0. The summed E-state index contributed by atoms with van der Waals surface area (Å²) in [5, 5.41) is 3.37. The Bertz CT molecular complexity index is 264. The van der Waals surface area contributed by atoms with E-state index in [1.807, 2.05) is 13.1 Å². The van der Waals surface area contributed by atoms with E-state index in [9.17, 15) is 0 Å². The van der Waals surface area contributed by atoms with E-state index in [0.29, 0.717) is 5.92 Å². The van der Waals surface area contributed by atoms with Gasteiger partial charge in [-0.15, -0.1) is 0 Å². The minimum absolute atomic E-state index is 0.715. The fourth-order valence-corrected chi connectivity index (χ4v) is 1.76. The van der Waals surface area contributed by atoms with Gasteiger partial charge >= 0.3 is 0 Å². The van der Waals surface area contributed by atoms with E-state index in [4.69, 9.17) is 0 Å². The number of nitrogens with zero attached hydrogens (tertiary/aromatic N) is 1. The van der Waals surface area contributed by atoms with Crippen molar-refractivity contribution in [2.75, 3.05) is 13.1 Å². The number of hydrogen-bond acceptors (Lipinski definition) is 2. The van der Waals surface area contributed by atoms with Crippen LogP contribution in [-0.2, 0) is 0 Å². The highest BCUT2D eigenvalue weighted by molar-refractivity contribution is 5.21. The zero-order valence-corrected chi connectivity index (χ0v) is 7.38. The summed E-state index contributed by atoms with van der Waals surface area (Å²) in [6.45, 7) is 4.33. The van der Waals surface area contributed by atoms with Crippen molar-refractivity contribution in [2.24, 2.45) is 0 Å². The third-order valence-corrected chi connectivity index (χ3v) is 2.45. The Morgan fingerprint density at radius 3 is 3.17 bits per heavy atom. The van der Waals surface area contributed by atoms with Crippen LogP contribution in [-0.4, -0.2) is 18.1 Å². The molecule has 0 spiro atoms. The first-order valence-corrected chi connectivity index (χ1v) is 4.49. The Morgan fingerprint density at radius 2 is 2.50 bits per heavy atom. The van der Waals surface area contributed by atoms with Gasteiger partial charge in [-0.25, -0.2) is 0 Å². The first kappa shape index (κ1) is 7.74. The van der Waals surface area contributed by atoms with Gasteiger partial charge in [0.2, 0.25) is 0 Å². The molecule has 1 saturated heterocycles. The van der Waals surface area contributed by atoms with E-state index >= 15 is 0 Å². The summed E-state index contributed by atoms with van der Waals surface area (Å²) in [6, 6.07) is 4.32. The number of pyridine rings is 1. The van der Waals surface area contributed by atoms with Gasteiger partial charge in [0.1, 0.15) is 0 Å². The molecule has 2 heteroatoms. The van der Waals surface area contributed by atoms with Crippen molar-refractivity contribution in [1.29, 1.82) is 0 Å². The van der Waals surface area contributed by atoms with Crippen molar-refractivity contribution in [2.45, 2.75) is 19.3 Å². The van der Waals surface area contributed by atoms with E-state index in [2.05, 4.69) is 22.4 Å². The van der Waals surface area contributed by atoms with Gasteiger partial charge in [0.05, 0.1) is 0 Å². The largest absolute Gasteiger partial charge is 0.316 e. The van der Waals surface area contributed by atoms with Crippen molar-refractivity contribution < 1.29 is 0 Å². The van der Waals surface area contributed by atoms with Gasteiger partial charge < -0.3 is 5.32 Å². The minimum atomic E-state index is 0.715. The SMILES string of the molecule is Cc1cc(C2CCNC2)ccn1. The minimum Gasteiger partial charge on any atom is -0.316 e. The molecular weight excluding hydrogens is 148 g/mol. The van der Waals surface area contributed by atoms with Crippen LogP contribution < -0.4 is 5.32 Å². The normalized spacial score (nSPS) is 22.9. The number of rotatable bonds is 1. The Labute approximate surface area is 73.0 Å². The number of aryl methyl sites for hydroxylation is 1. The second-order valence-electron chi connectivity index (χ2n) is 3.42. The second kappa shape index (κ2) is 3.23. The van der Waals surface area contributed by atoms with Crippen LogP contribution in [0.1, 0.15) is 23.6 Å². The van der Waals surface area contributed by atoms with Crippen molar-refractivity contribution >= 4 is 0 Å². The second-order valence-corrected chi connectivity index (χ2v) is 3.42. The van der Waals surface area contributed by atoms with Crippen LogP contribution in [0.2, 0.25) is 0 Å². The van der Waals surface area contributed by atoms with Crippen LogP contribution in [0.5, 0.6) is 0 Å². The van der Waals surface area contributed by atoms with Crippen LogP contribution >= 0.6 is 0 Å². The summed E-state index contributed by atoms with van der Waals surface area (Å²) < 4.78 is 0.